The molecule has 1 N–H and O–H groups in total. The summed E-state index contributed by atoms with van der Waals surface area (Å²) in [6.07, 6.45) is 0.967. The Morgan fingerprint density at radius 2 is 1.57 bits per heavy atom. The lowest BCUT2D eigenvalue weighted by Crippen LogP contribution is -2.32. The van der Waals surface area contributed by atoms with Crippen molar-refractivity contribution in [2.75, 3.05) is 5.88 Å². The van der Waals surface area contributed by atoms with Crippen LogP contribution in [0.5, 0.6) is 0 Å². The first kappa shape index (κ1) is 16.1. The molecule has 0 spiro atoms. The Labute approximate surface area is 133 Å². The van der Waals surface area contributed by atoms with Crippen molar-refractivity contribution >= 4 is 11.6 Å². The van der Waals surface area contributed by atoms with Crippen LogP contribution < -0.4 is 5.32 Å². The predicted octanol–water partition coefficient (Wildman–Crippen LogP) is 4.75. The Morgan fingerprint density at radius 3 is 2.14 bits per heavy atom. The quantitative estimate of drug-likeness (QED) is 0.728. The summed E-state index contributed by atoms with van der Waals surface area (Å²) in [5, 5.41) is 3.55. The summed E-state index contributed by atoms with van der Waals surface area (Å²) < 4.78 is 0. The molecule has 0 aliphatic rings. The van der Waals surface area contributed by atoms with Crippen LogP contribution >= 0.6 is 11.6 Å². The molecule has 0 radical (unpaired) electrons. The normalized spacial score (nSPS) is 12.6. The first-order valence-electron chi connectivity index (χ1n) is 7.61. The molecule has 1 atom stereocenters. The van der Waals surface area contributed by atoms with Gasteiger partial charge in [0.2, 0.25) is 0 Å². The molecule has 2 heteroatoms. The standard InChI is InChI=1S/C19H24ClN/c1-15(2)18-10-8-17(9-11-18)14-21-19(13-20)12-16-6-4-3-5-7-16/h3-11,15,19,21H,12-14H2,1-2H3. The molecule has 2 rings (SSSR count). The highest BCUT2D eigenvalue weighted by Crippen LogP contribution is 2.15. The van der Waals surface area contributed by atoms with E-state index in [4.69, 9.17) is 11.6 Å². The van der Waals surface area contributed by atoms with Crippen LogP contribution in [0.25, 0.3) is 0 Å². The summed E-state index contributed by atoms with van der Waals surface area (Å²) in [5.74, 6) is 1.21. The van der Waals surface area contributed by atoms with Crippen LogP contribution in [0.15, 0.2) is 54.6 Å². The third-order valence-electron chi connectivity index (χ3n) is 3.75. The molecule has 0 bridgehead atoms. The lowest BCUT2D eigenvalue weighted by atomic mass is 10.0. The summed E-state index contributed by atoms with van der Waals surface area (Å²) >= 11 is 6.09. The van der Waals surface area contributed by atoms with Gasteiger partial charge >= 0.3 is 0 Å². The van der Waals surface area contributed by atoms with Crippen molar-refractivity contribution in [1.82, 2.24) is 5.32 Å². The van der Waals surface area contributed by atoms with Crippen molar-refractivity contribution in [1.29, 1.82) is 0 Å². The molecule has 0 aliphatic carbocycles. The second-order valence-electron chi connectivity index (χ2n) is 5.82. The molecule has 0 amide bonds. The van der Waals surface area contributed by atoms with E-state index in [1.807, 2.05) is 6.07 Å². The summed E-state index contributed by atoms with van der Waals surface area (Å²) in [4.78, 5) is 0. The fourth-order valence-electron chi connectivity index (χ4n) is 2.36. The average Bonchev–Trinajstić information content (AvgIpc) is 2.52. The number of hydrogen-bond acceptors (Lipinski definition) is 1. The highest BCUT2D eigenvalue weighted by Gasteiger charge is 2.08. The van der Waals surface area contributed by atoms with E-state index >= 15 is 0 Å². The Hall–Kier alpha value is -1.31. The zero-order valence-corrected chi connectivity index (χ0v) is 13.6. The molecule has 0 fully saturated rings. The largest absolute Gasteiger partial charge is 0.308 e. The van der Waals surface area contributed by atoms with Crippen LogP contribution in [0.1, 0.15) is 36.5 Å². The maximum Gasteiger partial charge on any atom is 0.0380 e. The third kappa shape index (κ3) is 5.18. The van der Waals surface area contributed by atoms with Gasteiger partial charge in [0, 0.05) is 18.5 Å². The average molecular weight is 302 g/mol. The fourth-order valence-corrected chi connectivity index (χ4v) is 2.58. The van der Waals surface area contributed by atoms with Gasteiger partial charge in [0.15, 0.2) is 0 Å². The van der Waals surface area contributed by atoms with Gasteiger partial charge in [-0.3, -0.25) is 0 Å². The minimum absolute atomic E-state index is 0.304. The van der Waals surface area contributed by atoms with Crippen LogP contribution in [0, 0.1) is 0 Å². The molecule has 21 heavy (non-hydrogen) atoms. The van der Waals surface area contributed by atoms with Crippen molar-refractivity contribution in [2.24, 2.45) is 0 Å². The SMILES string of the molecule is CC(C)c1ccc(CNC(CCl)Cc2ccccc2)cc1. The maximum absolute atomic E-state index is 6.09. The Morgan fingerprint density at radius 1 is 0.905 bits per heavy atom. The van der Waals surface area contributed by atoms with Crippen molar-refractivity contribution in [3.05, 3.63) is 71.3 Å². The van der Waals surface area contributed by atoms with Gasteiger partial charge in [-0.05, 0) is 29.0 Å². The van der Waals surface area contributed by atoms with E-state index in [1.54, 1.807) is 0 Å². The maximum atomic E-state index is 6.09. The molecule has 0 heterocycles. The Bertz CT molecular complexity index is 519. The van der Waals surface area contributed by atoms with Gasteiger partial charge in [-0.15, -0.1) is 11.6 Å². The van der Waals surface area contributed by atoms with Gasteiger partial charge in [-0.2, -0.15) is 0 Å². The van der Waals surface area contributed by atoms with E-state index in [-0.39, 0.29) is 0 Å². The van der Waals surface area contributed by atoms with Gasteiger partial charge < -0.3 is 5.32 Å². The van der Waals surface area contributed by atoms with Crippen LogP contribution in [0.2, 0.25) is 0 Å². The van der Waals surface area contributed by atoms with Crippen molar-refractivity contribution in [2.45, 2.75) is 38.8 Å². The highest BCUT2D eigenvalue weighted by atomic mass is 35.5. The number of rotatable bonds is 7. The fraction of sp³-hybridized carbons (Fsp3) is 0.368. The second-order valence-corrected chi connectivity index (χ2v) is 6.13. The zero-order chi connectivity index (χ0) is 15.1. The van der Waals surface area contributed by atoms with Crippen molar-refractivity contribution in [3.63, 3.8) is 0 Å². The minimum atomic E-state index is 0.304. The van der Waals surface area contributed by atoms with E-state index in [0.29, 0.717) is 17.8 Å². The van der Waals surface area contributed by atoms with Gasteiger partial charge in [-0.1, -0.05) is 68.4 Å². The summed E-state index contributed by atoms with van der Waals surface area (Å²) in [6, 6.07) is 19.6. The lowest BCUT2D eigenvalue weighted by Gasteiger charge is -2.16. The smallest absolute Gasteiger partial charge is 0.0380 e. The molecule has 1 unspecified atom stereocenters. The van der Waals surface area contributed by atoms with Gasteiger partial charge in [0.25, 0.3) is 0 Å². The number of alkyl halides is 1. The minimum Gasteiger partial charge on any atom is -0.308 e. The molecule has 0 aromatic heterocycles. The molecule has 2 aromatic rings. The molecule has 0 saturated heterocycles. The monoisotopic (exact) mass is 301 g/mol. The second kappa shape index (κ2) is 8.21. The Balaban J connectivity index is 1.88. The molecule has 1 nitrogen and oxygen atoms in total. The molecule has 0 aliphatic heterocycles. The highest BCUT2D eigenvalue weighted by molar-refractivity contribution is 6.18. The van der Waals surface area contributed by atoms with E-state index in [1.165, 1.54) is 16.7 Å². The summed E-state index contributed by atoms with van der Waals surface area (Å²) in [7, 11) is 0. The number of halogens is 1. The topological polar surface area (TPSA) is 12.0 Å². The molecule has 2 aromatic carbocycles. The third-order valence-corrected chi connectivity index (χ3v) is 4.12. The van der Waals surface area contributed by atoms with Gasteiger partial charge in [-0.25, -0.2) is 0 Å². The van der Waals surface area contributed by atoms with Gasteiger partial charge in [0.05, 0.1) is 0 Å². The van der Waals surface area contributed by atoms with Crippen molar-refractivity contribution < 1.29 is 0 Å². The first-order chi connectivity index (χ1) is 10.2. The molecule has 0 saturated carbocycles. The van der Waals surface area contributed by atoms with Crippen LogP contribution in [-0.4, -0.2) is 11.9 Å². The van der Waals surface area contributed by atoms with E-state index in [2.05, 4.69) is 67.7 Å². The number of benzene rings is 2. The van der Waals surface area contributed by atoms with E-state index < -0.39 is 0 Å². The van der Waals surface area contributed by atoms with Crippen LogP contribution in [0.4, 0.5) is 0 Å². The zero-order valence-electron chi connectivity index (χ0n) is 12.9. The van der Waals surface area contributed by atoms with E-state index in [9.17, 15) is 0 Å². The van der Waals surface area contributed by atoms with E-state index in [0.717, 1.165) is 13.0 Å². The molecular weight excluding hydrogens is 278 g/mol. The predicted molar refractivity (Wildman–Crippen MR) is 92.0 cm³/mol. The summed E-state index contributed by atoms with van der Waals surface area (Å²) in [5.41, 5.74) is 4.02. The van der Waals surface area contributed by atoms with Crippen LogP contribution in [0.3, 0.4) is 0 Å². The molecule has 112 valence electrons. The Kier molecular flexibility index (Phi) is 6.28. The van der Waals surface area contributed by atoms with Crippen molar-refractivity contribution in [3.8, 4) is 0 Å². The number of hydrogen-bond donors (Lipinski definition) is 1. The van der Waals surface area contributed by atoms with Gasteiger partial charge in [0.1, 0.15) is 0 Å². The molecular formula is C19H24ClN. The summed E-state index contributed by atoms with van der Waals surface area (Å²) in [6.45, 7) is 5.30. The first-order valence-corrected chi connectivity index (χ1v) is 8.14. The lowest BCUT2D eigenvalue weighted by molar-refractivity contribution is 0.550. The van der Waals surface area contributed by atoms with Crippen LogP contribution in [-0.2, 0) is 13.0 Å². The number of nitrogens with one attached hydrogen (secondary N) is 1.